The van der Waals surface area contributed by atoms with Crippen LogP contribution in [0.1, 0.15) is 33.3 Å². The first-order valence-corrected chi connectivity index (χ1v) is 11.9. The highest BCUT2D eigenvalue weighted by Crippen LogP contribution is 2.26. The average molecular weight is 477 g/mol. The Hall–Kier alpha value is -2.39. The summed E-state index contributed by atoms with van der Waals surface area (Å²) < 4.78 is 0. The molecule has 2 aromatic rings. The van der Waals surface area contributed by atoms with Gasteiger partial charge in [-0.25, -0.2) is 9.97 Å². The highest BCUT2D eigenvalue weighted by Gasteiger charge is 2.34. The van der Waals surface area contributed by atoms with Gasteiger partial charge in [0.15, 0.2) is 5.16 Å². The average Bonchev–Trinajstić information content (AvgIpc) is 2.75. The Morgan fingerprint density at radius 1 is 1.22 bits per heavy atom. The summed E-state index contributed by atoms with van der Waals surface area (Å²) in [5.41, 5.74) is 0.578. The van der Waals surface area contributed by atoms with E-state index in [4.69, 9.17) is 11.6 Å². The number of halogens is 1. The molecule has 1 N–H and O–H groups in total. The number of hydrogen-bond acceptors (Lipinski definition) is 7. The van der Waals surface area contributed by atoms with Crippen molar-refractivity contribution in [2.24, 2.45) is 5.41 Å². The van der Waals surface area contributed by atoms with Crippen molar-refractivity contribution >= 4 is 41.0 Å². The van der Waals surface area contributed by atoms with Crippen molar-refractivity contribution in [3.63, 3.8) is 0 Å². The van der Waals surface area contributed by atoms with Gasteiger partial charge in [0.25, 0.3) is 0 Å². The fraction of sp³-hybridized carbons (Fsp3) is 0.500. The first-order valence-electron chi connectivity index (χ1n) is 10.5. The van der Waals surface area contributed by atoms with Crippen LogP contribution in [0.5, 0.6) is 0 Å². The number of pyridine rings is 1. The van der Waals surface area contributed by atoms with E-state index in [-0.39, 0.29) is 23.6 Å². The van der Waals surface area contributed by atoms with Crippen LogP contribution in [0.3, 0.4) is 0 Å². The lowest BCUT2D eigenvalue weighted by atomic mass is 9.93. The minimum absolute atomic E-state index is 0.0549. The van der Waals surface area contributed by atoms with Crippen LogP contribution in [0.15, 0.2) is 35.7 Å². The molecule has 1 fully saturated rings. The third-order valence-corrected chi connectivity index (χ3v) is 6.13. The van der Waals surface area contributed by atoms with E-state index in [0.717, 1.165) is 5.56 Å². The second-order valence-corrected chi connectivity index (χ2v) is 10.1. The number of amides is 2. The zero-order valence-electron chi connectivity index (χ0n) is 18.8. The van der Waals surface area contributed by atoms with Crippen molar-refractivity contribution in [1.82, 2.24) is 25.2 Å². The van der Waals surface area contributed by atoms with Gasteiger partial charge >= 0.3 is 0 Å². The first-order chi connectivity index (χ1) is 15.1. The Bertz CT molecular complexity index is 953. The molecule has 32 heavy (non-hydrogen) atoms. The van der Waals surface area contributed by atoms with Crippen molar-refractivity contribution in [2.75, 3.05) is 30.3 Å². The Morgan fingerprint density at radius 3 is 2.59 bits per heavy atom. The number of aromatic nitrogens is 3. The minimum Gasteiger partial charge on any atom is -0.353 e. The molecule has 1 aliphatic rings. The van der Waals surface area contributed by atoms with Gasteiger partial charge in [-0.05, 0) is 24.6 Å². The summed E-state index contributed by atoms with van der Waals surface area (Å²) in [4.78, 5) is 41.7. The summed E-state index contributed by atoms with van der Waals surface area (Å²) in [6.45, 7) is 10.3. The van der Waals surface area contributed by atoms with Gasteiger partial charge in [-0.1, -0.05) is 44.1 Å². The smallest absolute Gasteiger partial charge is 0.230 e. The molecule has 172 valence electrons. The molecule has 3 heterocycles. The minimum atomic E-state index is -0.406. The molecule has 2 amide bonds. The maximum absolute atomic E-state index is 12.7. The van der Waals surface area contributed by atoms with E-state index in [0.29, 0.717) is 42.3 Å². The zero-order valence-corrected chi connectivity index (χ0v) is 20.4. The number of carbonyl (C=O) groups excluding carboxylic acids is 2. The Kier molecular flexibility index (Phi) is 7.95. The summed E-state index contributed by atoms with van der Waals surface area (Å²) >= 11 is 7.48. The fourth-order valence-corrected chi connectivity index (χ4v) is 4.30. The number of rotatable bonds is 6. The third-order valence-electron chi connectivity index (χ3n) is 5.09. The monoisotopic (exact) mass is 476 g/mol. The fourth-order valence-electron chi connectivity index (χ4n) is 3.39. The second kappa shape index (κ2) is 10.5. The molecule has 10 heteroatoms. The van der Waals surface area contributed by atoms with E-state index < -0.39 is 5.41 Å². The molecule has 2 aromatic heterocycles. The molecule has 0 spiro atoms. The predicted octanol–water partition coefficient (Wildman–Crippen LogP) is 3.02. The maximum atomic E-state index is 12.7. The first kappa shape index (κ1) is 24.3. The van der Waals surface area contributed by atoms with Gasteiger partial charge in [-0.2, -0.15) is 0 Å². The van der Waals surface area contributed by atoms with E-state index in [9.17, 15) is 9.59 Å². The van der Waals surface area contributed by atoms with E-state index in [2.05, 4.69) is 25.2 Å². The van der Waals surface area contributed by atoms with Crippen LogP contribution in [0.2, 0.25) is 5.15 Å². The number of anilines is 1. The van der Waals surface area contributed by atoms with Gasteiger partial charge in [0.1, 0.15) is 11.0 Å². The number of carbonyl (C=O) groups is 2. The predicted molar refractivity (Wildman–Crippen MR) is 127 cm³/mol. The molecule has 0 aliphatic carbocycles. The Morgan fingerprint density at radius 2 is 1.94 bits per heavy atom. The van der Waals surface area contributed by atoms with E-state index in [1.165, 1.54) is 11.8 Å². The normalized spacial score (nSPS) is 16.7. The van der Waals surface area contributed by atoms with E-state index >= 15 is 0 Å². The van der Waals surface area contributed by atoms with Crippen LogP contribution in [0.4, 0.5) is 5.82 Å². The van der Waals surface area contributed by atoms with Crippen molar-refractivity contribution in [2.45, 2.75) is 45.4 Å². The lowest BCUT2D eigenvalue weighted by molar-refractivity contribution is -0.142. The maximum Gasteiger partial charge on any atom is 0.230 e. The molecule has 0 saturated carbocycles. The Balaban J connectivity index is 1.57. The number of piperazine rings is 1. The van der Waals surface area contributed by atoms with Gasteiger partial charge in [0, 0.05) is 56.1 Å². The van der Waals surface area contributed by atoms with E-state index in [1.54, 1.807) is 18.5 Å². The van der Waals surface area contributed by atoms with Crippen LogP contribution >= 0.6 is 23.4 Å². The molecule has 1 saturated heterocycles. The molecule has 0 aromatic carbocycles. The number of nitrogens with zero attached hydrogens (tertiary/aromatic N) is 5. The molecule has 8 nitrogen and oxygen atoms in total. The molecular formula is C22H29ClN6O2S. The SMILES string of the molecule is CC1CN(c2cc(Cl)nc(SCC(=O)NCc3ccncc3)n2)CCN1C(=O)C(C)(C)C. The van der Waals surface area contributed by atoms with Gasteiger partial charge in [0.2, 0.25) is 11.8 Å². The second-order valence-electron chi connectivity index (χ2n) is 8.80. The van der Waals surface area contributed by atoms with Gasteiger partial charge in [0.05, 0.1) is 5.75 Å². The standard InChI is InChI=1S/C22H29ClN6O2S/c1-15-13-28(9-10-29(15)20(31)22(2,3)4)18-11-17(23)26-21(27-18)32-14-19(30)25-12-16-5-7-24-8-6-16/h5-8,11,15H,9-10,12-14H2,1-4H3,(H,25,30). The number of thioether (sulfide) groups is 1. The van der Waals surface area contributed by atoms with Gasteiger partial charge < -0.3 is 15.1 Å². The summed E-state index contributed by atoms with van der Waals surface area (Å²) in [5, 5.41) is 3.65. The molecular weight excluding hydrogens is 448 g/mol. The Labute approximate surface area is 198 Å². The lowest BCUT2D eigenvalue weighted by Gasteiger charge is -2.42. The summed E-state index contributed by atoms with van der Waals surface area (Å²) in [5.74, 6) is 0.938. The molecule has 1 aliphatic heterocycles. The largest absolute Gasteiger partial charge is 0.353 e. The lowest BCUT2D eigenvalue weighted by Crippen LogP contribution is -2.56. The summed E-state index contributed by atoms with van der Waals surface area (Å²) in [7, 11) is 0. The zero-order chi connectivity index (χ0) is 23.3. The van der Waals surface area contributed by atoms with Crippen molar-refractivity contribution in [3.8, 4) is 0 Å². The van der Waals surface area contributed by atoms with Crippen LogP contribution in [-0.2, 0) is 16.1 Å². The number of hydrogen-bond donors (Lipinski definition) is 1. The summed E-state index contributed by atoms with van der Waals surface area (Å²) in [6, 6.07) is 5.49. The van der Waals surface area contributed by atoms with Crippen molar-refractivity contribution < 1.29 is 9.59 Å². The molecule has 1 unspecified atom stereocenters. The molecule has 3 rings (SSSR count). The van der Waals surface area contributed by atoms with E-state index in [1.807, 2.05) is 44.7 Å². The van der Waals surface area contributed by atoms with Crippen LogP contribution < -0.4 is 10.2 Å². The molecule has 0 bridgehead atoms. The van der Waals surface area contributed by atoms with Crippen LogP contribution in [0, 0.1) is 5.41 Å². The van der Waals surface area contributed by atoms with Crippen LogP contribution in [0.25, 0.3) is 0 Å². The number of nitrogens with one attached hydrogen (secondary N) is 1. The van der Waals surface area contributed by atoms with Gasteiger partial charge in [-0.15, -0.1) is 0 Å². The van der Waals surface area contributed by atoms with Crippen molar-refractivity contribution in [1.29, 1.82) is 0 Å². The van der Waals surface area contributed by atoms with Gasteiger partial charge in [-0.3, -0.25) is 14.6 Å². The van der Waals surface area contributed by atoms with Crippen LogP contribution in [-0.4, -0.2) is 63.1 Å². The molecule has 1 atom stereocenters. The quantitative estimate of drug-likeness (QED) is 0.389. The van der Waals surface area contributed by atoms with Crippen molar-refractivity contribution in [3.05, 3.63) is 41.3 Å². The highest BCUT2D eigenvalue weighted by molar-refractivity contribution is 7.99. The third kappa shape index (κ3) is 6.56. The highest BCUT2D eigenvalue weighted by atomic mass is 35.5. The topological polar surface area (TPSA) is 91.3 Å². The summed E-state index contributed by atoms with van der Waals surface area (Å²) in [6.07, 6.45) is 3.38. The molecule has 0 radical (unpaired) electrons.